The number of aromatic nitrogens is 5. The lowest BCUT2D eigenvalue weighted by Gasteiger charge is -2.10. The minimum absolute atomic E-state index is 0.158. The topological polar surface area (TPSA) is 120 Å². The second-order valence-corrected chi connectivity index (χ2v) is 5.08. The summed E-state index contributed by atoms with van der Waals surface area (Å²) >= 11 is 6.29. The molecular formula is C14H11ClN6O3. The normalized spacial score (nSPS) is 10.6. The van der Waals surface area contributed by atoms with Gasteiger partial charge in [-0.25, -0.2) is 10.1 Å². The van der Waals surface area contributed by atoms with Crippen LogP contribution in [0.4, 0.5) is 5.69 Å². The SMILES string of the molecule is CCOc1ccc(-c2c(Cl)cc([N+](=O)[O-])cc2-c2nnn[nH]2)cn1. The lowest BCUT2D eigenvalue weighted by atomic mass is 9.99. The van der Waals surface area contributed by atoms with Crippen molar-refractivity contribution in [2.24, 2.45) is 0 Å². The molecule has 1 N–H and O–H groups in total. The van der Waals surface area contributed by atoms with Gasteiger partial charge in [0.2, 0.25) is 5.88 Å². The van der Waals surface area contributed by atoms with Crippen LogP contribution in [0.1, 0.15) is 6.92 Å². The zero-order valence-electron chi connectivity index (χ0n) is 12.4. The van der Waals surface area contributed by atoms with E-state index in [-0.39, 0.29) is 16.5 Å². The van der Waals surface area contributed by atoms with Gasteiger partial charge in [0, 0.05) is 41.1 Å². The van der Waals surface area contributed by atoms with E-state index >= 15 is 0 Å². The number of nitrogens with zero attached hydrogens (tertiary/aromatic N) is 5. The van der Waals surface area contributed by atoms with Crippen LogP contribution in [0.25, 0.3) is 22.5 Å². The third kappa shape index (κ3) is 3.01. The molecule has 3 rings (SSSR count). The molecule has 0 aliphatic rings. The Morgan fingerprint density at radius 2 is 2.21 bits per heavy atom. The van der Waals surface area contributed by atoms with Gasteiger partial charge in [-0.05, 0) is 23.4 Å². The smallest absolute Gasteiger partial charge is 0.271 e. The summed E-state index contributed by atoms with van der Waals surface area (Å²) in [5.74, 6) is 0.742. The van der Waals surface area contributed by atoms with Crippen LogP contribution in [0.5, 0.6) is 5.88 Å². The van der Waals surface area contributed by atoms with Gasteiger partial charge in [-0.3, -0.25) is 10.1 Å². The first-order chi connectivity index (χ1) is 11.6. The van der Waals surface area contributed by atoms with Crippen molar-refractivity contribution in [3.8, 4) is 28.4 Å². The van der Waals surface area contributed by atoms with Gasteiger partial charge in [-0.1, -0.05) is 11.6 Å². The number of tetrazole rings is 1. The minimum Gasteiger partial charge on any atom is -0.478 e. The summed E-state index contributed by atoms with van der Waals surface area (Å²) in [5.41, 5.74) is 1.44. The Morgan fingerprint density at radius 3 is 2.79 bits per heavy atom. The van der Waals surface area contributed by atoms with Gasteiger partial charge in [-0.15, -0.1) is 5.10 Å². The Kier molecular flexibility index (Phi) is 4.34. The van der Waals surface area contributed by atoms with Gasteiger partial charge in [0.05, 0.1) is 16.6 Å². The number of rotatable bonds is 5. The molecule has 0 bridgehead atoms. The maximum atomic E-state index is 11.1. The third-order valence-electron chi connectivity index (χ3n) is 3.20. The molecule has 3 aromatic rings. The second kappa shape index (κ2) is 6.59. The summed E-state index contributed by atoms with van der Waals surface area (Å²) in [6.07, 6.45) is 1.57. The number of nitro benzene ring substituents is 1. The van der Waals surface area contributed by atoms with Crippen LogP contribution < -0.4 is 4.74 Å². The van der Waals surface area contributed by atoms with Crippen LogP contribution >= 0.6 is 11.6 Å². The fraction of sp³-hybridized carbons (Fsp3) is 0.143. The number of halogens is 1. The maximum Gasteiger partial charge on any atom is 0.271 e. The molecule has 0 saturated carbocycles. The summed E-state index contributed by atoms with van der Waals surface area (Å²) in [4.78, 5) is 14.8. The van der Waals surface area contributed by atoms with Gasteiger partial charge in [0.1, 0.15) is 0 Å². The molecule has 0 spiro atoms. The zero-order valence-corrected chi connectivity index (χ0v) is 13.2. The lowest BCUT2D eigenvalue weighted by molar-refractivity contribution is -0.384. The van der Waals surface area contributed by atoms with Crippen LogP contribution in [0.3, 0.4) is 0 Å². The van der Waals surface area contributed by atoms with E-state index in [1.54, 1.807) is 18.3 Å². The van der Waals surface area contributed by atoms with Crippen molar-refractivity contribution >= 4 is 17.3 Å². The number of nitro groups is 1. The van der Waals surface area contributed by atoms with Crippen LogP contribution in [0.2, 0.25) is 5.02 Å². The Hall–Kier alpha value is -3.07. The fourth-order valence-electron chi connectivity index (χ4n) is 2.21. The first kappa shape index (κ1) is 15.8. The van der Waals surface area contributed by atoms with E-state index in [4.69, 9.17) is 16.3 Å². The quantitative estimate of drug-likeness (QED) is 0.557. The predicted molar refractivity (Wildman–Crippen MR) is 85.7 cm³/mol. The van der Waals surface area contributed by atoms with Crippen LogP contribution in [0.15, 0.2) is 30.5 Å². The molecule has 0 amide bonds. The summed E-state index contributed by atoms with van der Waals surface area (Å²) in [6.45, 7) is 2.36. The average molecular weight is 347 g/mol. The molecule has 24 heavy (non-hydrogen) atoms. The molecule has 9 nitrogen and oxygen atoms in total. The van der Waals surface area contributed by atoms with Gasteiger partial charge >= 0.3 is 0 Å². The summed E-state index contributed by atoms with van der Waals surface area (Å²) in [5, 5.41) is 24.7. The van der Waals surface area contributed by atoms with Gasteiger partial charge in [-0.2, -0.15) is 0 Å². The van der Waals surface area contributed by atoms with Gasteiger partial charge in [0.15, 0.2) is 5.82 Å². The molecule has 0 aliphatic heterocycles. The van der Waals surface area contributed by atoms with Crippen molar-refractivity contribution < 1.29 is 9.66 Å². The number of hydrogen-bond acceptors (Lipinski definition) is 7. The van der Waals surface area contributed by atoms with Gasteiger partial charge in [0.25, 0.3) is 5.69 Å². The Labute approximate surface area is 140 Å². The van der Waals surface area contributed by atoms with E-state index in [9.17, 15) is 10.1 Å². The van der Waals surface area contributed by atoms with Gasteiger partial charge < -0.3 is 4.74 Å². The Morgan fingerprint density at radius 1 is 1.38 bits per heavy atom. The molecule has 122 valence electrons. The van der Waals surface area contributed by atoms with E-state index in [1.807, 2.05) is 6.92 Å². The molecule has 2 heterocycles. The molecule has 0 saturated heterocycles. The molecule has 0 fully saturated rings. The monoisotopic (exact) mass is 346 g/mol. The van der Waals surface area contributed by atoms with Crippen molar-refractivity contribution in [2.75, 3.05) is 6.61 Å². The Balaban J connectivity index is 2.17. The summed E-state index contributed by atoms with van der Waals surface area (Å²) in [7, 11) is 0. The van der Waals surface area contributed by atoms with Crippen molar-refractivity contribution in [2.45, 2.75) is 6.92 Å². The molecule has 2 aromatic heterocycles. The number of nitrogens with one attached hydrogen (secondary N) is 1. The van der Waals surface area contributed by atoms with Crippen molar-refractivity contribution in [3.05, 3.63) is 45.6 Å². The standard InChI is InChI=1S/C14H11ClN6O3/c1-2-24-12-4-3-8(7-16-12)13-10(14-17-19-20-18-14)5-9(21(22)23)6-11(13)15/h3-7H,2H2,1H3,(H,17,18,19,20). The number of ether oxygens (including phenoxy) is 1. The van der Waals surface area contributed by atoms with E-state index in [0.717, 1.165) is 0 Å². The number of benzene rings is 1. The number of H-pyrrole nitrogens is 1. The maximum absolute atomic E-state index is 11.1. The van der Waals surface area contributed by atoms with Crippen LogP contribution in [0, 0.1) is 10.1 Å². The fourth-order valence-corrected chi connectivity index (χ4v) is 2.54. The summed E-state index contributed by atoms with van der Waals surface area (Å²) in [6, 6.07) is 6.10. The number of aromatic amines is 1. The molecular weight excluding hydrogens is 336 g/mol. The molecule has 10 heteroatoms. The lowest BCUT2D eigenvalue weighted by Crippen LogP contribution is -1.96. The number of hydrogen-bond donors (Lipinski definition) is 1. The highest BCUT2D eigenvalue weighted by molar-refractivity contribution is 6.34. The van der Waals surface area contributed by atoms with E-state index in [0.29, 0.717) is 29.2 Å². The van der Waals surface area contributed by atoms with Crippen molar-refractivity contribution in [3.63, 3.8) is 0 Å². The Bertz CT molecular complexity index is 867. The van der Waals surface area contributed by atoms with E-state index < -0.39 is 4.92 Å². The molecule has 0 atom stereocenters. The molecule has 0 aliphatic carbocycles. The highest BCUT2D eigenvalue weighted by Gasteiger charge is 2.20. The van der Waals surface area contributed by atoms with Crippen molar-refractivity contribution in [1.29, 1.82) is 0 Å². The highest BCUT2D eigenvalue weighted by atomic mass is 35.5. The van der Waals surface area contributed by atoms with Crippen molar-refractivity contribution in [1.82, 2.24) is 25.6 Å². The summed E-state index contributed by atoms with van der Waals surface area (Å²) < 4.78 is 5.31. The second-order valence-electron chi connectivity index (χ2n) is 4.68. The molecule has 1 aromatic carbocycles. The number of pyridine rings is 1. The highest BCUT2D eigenvalue weighted by Crippen LogP contribution is 2.39. The molecule has 0 radical (unpaired) electrons. The van der Waals surface area contributed by atoms with Crippen LogP contribution in [-0.4, -0.2) is 37.1 Å². The van der Waals surface area contributed by atoms with Crippen LogP contribution in [-0.2, 0) is 0 Å². The van der Waals surface area contributed by atoms with E-state index in [1.165, 1.54) is 12.1 Å². The zero-order chi connectivity index (χ0) is 17.1. The number of non-ortho nitro benzene ring substituents is 1. The largest absolute Gasteiger partial charge is 0.478 e. The van der Waals surface area contributed by atoms with E-state index in [2.05, 4.69) is 25.6 Å². The third-order valence-corrected chi connectivity index (χ3v) is 3.50. The molecule has 0 unspecified atom stereocenters. The first-order valence-electron chi connectivity index (χ1n) is 6.91. The average Bonchev–Trinajstić information content (AvgIpc) is 3.09. The minimum atomic E-state index is -0.528. The predicted octanol–water partition coefficient (Wildman–Crippen LogP) is 2.89. The first-order valence-corrected chi connectivity index (χ1v) is 7.29.